The van der Waals surface area contributed by atoms with Crippen molar-refractivity contribution in [1.82, 2.24) is 0 Å². The van der Waals surface area contributed by atoms with E-state index in [2.05, 4.69) is 124 Å². The normalized spacial score (nSPS) is 7.54. The van der Waals surface area contributed by atoms with Crippen molar-refractivity contribution >= 4 is 0 Å². The summed E-state index contributed by atoms with van der Waals surface area (Å²) in [4.78, 5) is 0. The monoisotopic (exact) mass is 547 g/mol. The minimum Gasteiger partial charge on any atom is -0.0998 e. The molecule has 0 heterocycles. The molecule has 0 saturated heterocycles. The maximum atomic E-state index is 3.87. The number of benzene rings is 2. The first kappa shape index (κ1) is 53.4. The molecule has 0 N–H and O–H groups in total. The topological polar surface area (TPSA) is 0 Å². The molecule has 2 rings (SSSR count). The Kier molecular flexibility index (Phi) is 77.3. The average Bonchev–Trinajstić information content (AvgIpc) is 3.00. The van der Waals surface area contributed by atoms with Gasteiger partial charge in [0.25, 0.3) is 0 Å². The van der Waals surface area contributed by atoms with E-state index in [1.54, 1.807) is 0 Å². The molecule has 39 heavy (non-hydrogen) atoms. The van der Waals surface area contributed by atoms with E-state index in [1.165, 1.54) is 66.4 Å². The Morgan fingerprint density at radius 3 is 0.769 bits per heavy atom. The first-order valence-electron chi connectivity index (χ1n) is 16.4. The number of aryl methyl sites for hydroxylation is 3. The second-order valence-electron chi connectivity index (χ2n) is 8.27. The zero-order chi connectivity index (χ0) is 32.5. The lowest BCUT2D eigenvalue weighted by atomic mass is 10.1. The van der Waals surface area contributed by atoms with Crippen molar-refractivity contribution in [3.05, 3.63) is 82.9 Å². The Bertz CT molecular complexity index is 550. The molecular weight excluding hydrogens is 468 g/mol. The summed E-state index contributed by atoms with van der Waals surface area (Å²) in [5, 5.41) is 0. The molecule has 0 aliphatic carbocycles. The van der Waals surface area contributed by atoms with Crippen molar-refractivity contribution in [2.24, 2.45) is 0 Å². The molecule has 0 nitrogen and oxygen atoms in total. The van der Waals surface area contributed by atoms with Crippen molar-refractivity contribution in [2.75, 3.05) is 0 Å². The summed E-state index contributed by atoms with van der Waals surface area (Å²) in [6.45, 7) is 41.3. The summed E-state index contributed by atoms with van der Waals surface area (Å²) >= 11 is 0. The fraction of sp³-hybridized carbons (Fsp3) is 0.641. The molecule has 0 atom stereocenters. The lowest BCUT2D eigenvalue weighted by Crippen LogP contribution is -1.84. The van der Waals surface area contributed by atoms with E-state index in [-0.39, 0.29) is 0 Å². The molecule has 0 radical (unpaired) electrons. The van der Waals surface area contributed by atoms with Gasteiger partial charge in [-0.2, -0.15) is 0 Å². The van der Waals surface area contributed by atoms with Crippen LogP contribution in [0.15, 0.2) is 60.7 Å². The van der Waals surface area contributed by atoms with Crippen LogP contribution in [0.4, 0.5) is 0 Å². The van der Waals surface area contributed by atoms with Crippen LogP contribution >= 0.6 is 0 Å². The summed E-state index contributed by atoms with van der Waals surface area (Å²) < 4.78 is 0. The van der Waals surface area contributed by atoms with Gasteiger partial charge in [0.1, 0.15) is 0 Å². The van der Waals surface area contributed by atoms with E-state index in [9.17, 15) is 0 Å². The Hall–Kier alpha value is -1.82. The molecule has 2 aromatic carbocycles. The van der Waals surface area contributed by atoms with Crippen molar-refractivity contribution in [3.8, 4) is 0 Å². The number of hydrogen-bond donors (Lipinski definition) is 0. The Labute approximate surface area is 252 Å². The average molecular weight is 547 g/mol. The zero-order valence-electron chi connectivity index (χ0n) is 30.8. The molecule has 0 saturated carbocycles. The summed E-state index contributed by atoms with van der Waals surface area (Å²) in [5.74, 6) is 0. The highest BCUT2D eigenvalue weighted by Gasteiger charge is 1.91. The Morgan fingerprint density at radius 1 is 0.436 bits per heavy atom. The van der Waals surface area contributed by atoms with Gasteiger partial charge in [0.2, 0.25) is 0 Å². The molecule has 234 valence electrons. The number of allylic oxidation sites excluding steroid dienone is 1. The molecule has 0 fully saturated rings. The maximum Gasteiger partial charge on any atom is -0.00726 e. The lowest BCUT2D eigenvalue weighted by molar-refractivity contribution is 0.886. The third-order valence-corrected chi connectivity index (χ3v) is 4.34. The molecule has 0 amide bonds. The Morgan fingerprint density at radius 2 is 0.615 bits per heavy atom. The van der Waals surface area contributed by atoms with E-state index in [1.807, 2.05) is 55.4 Å². The minimum absolute atomic E-state index is 1.00. The second kappa shape index (κ2) is 56.4. The van der Waals surface area contributed by atoms with Crippen LogP contribution in [0.1, 0.15) is 165 Å². The SMILES string of the molecule is C=C(C)Cc1ccc(C)cc1.CC.CC.CC.CC.CCCC.CCCC.CCCC.Cc1ccc(C)cc1. The first-order chi connectivity index (χ1) is 18.7. The van der Waals surface area contributed by atoms with Crippen LogP contribution in [0, 0.1) is 20.8 Å². The third-order valence-electron chi connectivity index (χ3n) is 4.34. The smallest absolute Gasteiger partial charge is 0.00726 e. The fourth-order valence-corrected chi connectivity index (χ4v) is 1.69. The first-order valence-corrected chi connectivity index (χ1v) is 16.4. The van der Waals surface area contributed by atoms with Crippen LogP contribution in [-0.4, -0.2) is 0 Å². The van der Waals surface area contributed by atoms with Crippen LogP contribution in [0.2, 0.25) is 0 Å². The van der Waals surface area contributed by atoms with Gasteiger partial charge in [0.05, 0.1) is 0 Å². The lowest BCUT2D eigenvalue weighted by Gasteiger charge is -1.99. The van der Waals surface area contributed by atoms with E-state index in [0.717, 1.165) is 6.42 Å². The van der Waals surface area contributed by atoms with Crippen LogP contribution in [-0.2, 0) is 6.42 Å². The molecule has 0 aliphatic rings. The maximum absolute atomic E-state index is 3.87. The van der Waals surface area contributed by atoms with Gasteiger partial charge in [-0.25, -0.2) is 0 Å². The van der Waals surface area contributed by atoms with Crippen LogP contribution in [0.3, 0.4) is 0 Å². The highest BCUT2D eigenvalue weighted by atomic mass is 14.0. The molecule has 0 aromatic heterocycles. The second-order valence-corrected chi connectivity index (χ2v) is 8.27. The minimum atomic E-state index is 1.00. The fourth-order valence-electron chi connectivity index (χ4n) is 1.69. The molecule has 0 unspecified atom stereocenters. The van der Waals surface area contributed by atoms with Gasteiger partial charge in [-0.3, -0.25) is 0 Å². The van der Waals surface area contributed by atoms with Gasteiger partial charge in [0.15, 0.2) is 0 Å². The predicted octanol–water partition coefficient (Wildman–Crippen LogP) is 14.9. The van der Waals surface area contributed by atoms with Gasteiger partial charge < -0.3 is 0 Å². The van der Waals surface area contributed by atoms with Gasteiger partial charge in [-0.1, -0.05) is 213 Å². The quantitative estimate of drug-likeness (QED) is 0.327. The van der Waals surface area contributed by atoms with E-state index in [0.29, 0.717) is 0 Å². The van der Waals surface area contributed by atoms with E-state index < -0.39 is 0 Å². The number of hydrogen-bond acceptors (Lipinski definition) is 0. The van der Waals surface area contributed by atoms with Crippen LogP contribution in [0.5, 0.6) is 0 Å². The van der Waals surface area contributed by atoms with Gasteiger partial charge in [0, 0.05) is 0 Å². The van der Waals surface area contributed by atoms with Crippen molar-refractivity contribution in [2.45, 2.75) is 170 Å². The molecule has 0 spiro atoms. The van der Waals surface area contributed by atoms with Gasteiger partial charge in [-0.05, 0) is 39.7 Å². The number of unbranched alkanes of at least 4 members (excludes halogenated alkanes) is 3. The molecule has 2 aromatic rings. The van der Waals surface area contributed by atoms with Crippen molar-refractivity contribution in [1.29, 1.82) is 0 Å². The molecular formula is C39H78. The van der Waals surface area contributed by atoms with E-state index in [4.69, 9.17) is 0 Å². The van der Waals surface area contributed by atoms with Crippen LogP contribution < -0.4 is 0 Å². The summed E-state index contributed by atoms with van der Waals surface area (Å²) in [6, 6.07) is 17.1. The molecule has 0 bridgehead atoms. The highest BCUT2D eigenvalue weighted by Crippen LogP contribution is 2.07. The highest BCUT2D eigenvalue weighted by molar-refractivity contribution is 5.24. The summed E-state index contributed by atoms with van der Waals surface area (Å²) in [5.41, 5.74) is 6.54. The van der Waals surface area contributed by atoms with Crippen molar-refractivity contribution in [3.63, 3.8) is 0 Å². The predicted molar refractivity (Wildman–Crippen MR) is 193 cm³/mol. The van der Waals surface area contributed by atoms with Gasteiger partial charge in [-0.15, -0.1) is 0 Å². The summed E-state index contributed by atoms with van der Waals surface area (Å²) in [7, 11) is 0. The third kappa shape index (κ3) is 66.7. The molecule has 0 heteroatoms. The number of rotatable bonds is 5. The standard InChI is InChI=1S/C11H14.C8H10.3C4H10.4C2H6/c1-9(2)8-11-6-4-10(3)5-7-11;1-7-3-5-8(2)6-4-7;3*1-3-4-2;4*1-2/h4-7H,1,8H2,2-3H3;3-6H,1-2H3;3*3-4H2,1-2H3;4*1-2H3. The van der Waals surface area contributed by atoms with Crippen LogP contribution in [0.25, 0.3) is 0 Å². The van der Waals surface area contributed by atoms with E-state index >= 15 is 0 Å². The van der Waals surface area contributed by atoms with Crippen molar-refractivity contribution < 1.29 is 0 Å². The largest absolute Gasteiger partial charge is 0.0998 e. The summed E-state index contributed by atoms with van der Waals surface area (Å²) in [6.07, 6.45) is 8.92. The Balaban J connectivity index is -0.0000000650. The molecule has 0 aliphatic heterocycles. The van der Waals surface area contributed by atoms with Gasteiger partial charge >= 0.3 is 0 Å². The zero-order valence-corrected chi connectivity index (χ0v) is 30.8.